The highest BCUT2D eigenvalue weighted by atomic mass is 32.1. The molecule has 13 heteroatoms. The summed E-state index contributed by atoms with van der Waals surface area (Å²) in [4.78, 5) is 10.8. The van der Waals surface area contributed by atoms with Crippen LogP contribution in [0.2, 0.25) is 0 Å². The molecule has 0 aromatic heterocycles. The lowest BCUT2D eigenvalue weighted by Crippen LogP contribution is -2.37. The van der Waals surface area contributed by atoms with E-state index in [9.17, 15) is 9.90 Å². The lowest BCUT2D eigenvalue weighted by molar-refractivity contribution is -0.136. The van der Waals surface area contributed by atoms with Gasteiger partial charge >= 0.3 is 5.97 Å². The Morgan fingerprint density at radius 3 is 0.713 bits per heavy atom. The first-order valence-corrected chi connectivity index (χ1v) is 33.4. The van der Waals surface area contributed by atoms with Gasteiger partial charge in [0.25, 0.3) is 0 Å². The number of carboxylic acids is 1. The van der Waals surface area contributed by atoms with Crippen molar-refractivity contribution >= 4 is 57.8 Å². The van der Waals surface area contributed by atoms with E-state index in [4.69, 9.17) is 40.9 Å². The van der Waals surface area contributed by atoms with Gasteiger partial charge in [-0.05, 0) is 89.9 Å². The zero-order valence-electron chi connectivity index (χ0n) is 53.1. The number of unbranched alkanes of at least 4 members (excludes halogenated alkanes) is 33. The van der Waals surface area contributed by atoms with Crippen molar-refractivity contribution in [1.29, 1.82) is 0 Å². The fourth-order valence-corrected chi connectivity index (χ4v) is 9.32. The van der Waals surface area contributed by atoms with E-state index in [1.54, 1.807) is 0 Å². The summed E-state index contributed by atoms with van der Waals surface area (Å²) in [6.45, 7) is 17.5. The molecule has 0 aliphatic rings. The minimum absolute atomic E-state index is 0.109. The topological polar surface area (TPSA) is 199 Å². The van der Waals surface area contributed by atoms with Gasteiger partial charge in [0, 0.05) is 25.7 Å². The standard InChI is InChI=1S/C17H26O3.3C15H30OS.C5H12O4/c1-16(2,3)12-9-11(7-8-14(18)19)10-13(15(12)20)17(4,5)6;3*1-2-3-4-5-6-7-8-9-10-11-12-13-14-15(16)17;6-1-5(2-7,3-8)4-9/h9-10,20H,7-8H2,1-6H3,(H,18,19);3*2-14H2,1H3,(H,16,17);6-9H,1-4H2. The largest absolute Gasteiger partial charge is 0.507 e. The van der Waals surface area contributed by atoms with Crippen LogP contribution >= 0.6 is 36.7 Å². The first-order valence-electron chi connectivity index (χ1n) is 32.2. The van der Waals surface area contributed by atoms with Gasteiger partial charge in [-0.3, -0.25) is 4.79 Å². The molecule has 0 radical (unpaired) electrons. The second-order valence-corrected chi connectivity index (χ2v) is 26.1. The van der Waals surface area contributed by atoms with E-state index in [0.29, 0.717) is 31.4 Å². The molecule has 0 heterocycles. The number of aliphatic hydroxyl groups is 7. The Labute approximate surface area is 508 Å². The Morgan fingerprint density at radius 1 is 0.362 bits per heavy atom. The fraction of sp³-hybridized carbons (Fsp3) is 0.851. The van der Waals surface area contributed by atoms with Crippen LogP contribution in [-0.4, -0.2) is 93.5 Å². The quantitative estimate of drug-likeness (QED) is 0.0221. The molecule has 0 unspecified atom stereocenters. The van der Waals surface area contributed by atoms with Crippen LogP contribution in [0.15, 0.2) is 12.1 Å². The lowest BCUT2D eigenvalue weighted by Gasteiger charge is -2.28. The van der Waals surface area contributed by atoms with Crippen LogP contribution in [0.25, 0.3) is 0 Å². The van der Waals surface area contributed by atoms with E-state index in [0.717, 1.165) is 36.0 Å². The maximum absolute atomic E-state index is 10.8. The van der Waals surface area contributed by atoms with Gasteiger partial charge in [0.2, 0.25) is 0 Å². The number of carboxylic acid groups (broad SMARTS) is 1. The van der Waals surface area contributed by atoms with E-state index >= 15 is 0 Å². The third-order valence-electron chi connectivity index (χ3n) is 14.5. The molecule has 0 bridgehead atoms. The van der Waals surface area contributed by atoms with Crippen molar-refractivity contribution in [3.8, 4) is 5.75 Å². The first-order chi connectivity index (χ1) is 38.0. The Kier molecular flexibility index (Phi) is 62.0. The van der Waals surface area contributed by atoms with Crippen LogP contribution in [-0.2, 0) is 22.0 Å². The molecule has 0 atom stereocenters. The highest BCUT2D eigenvalue weighted by molar-refractivity contribution is 7.80. The van der Waals surface area contributed by atoms with Crippen molar-refractivity contribution < 1.29 is 50.8 Å². The number of carbonyl (C=O) groups is 1. The molecule has 0 amide bonds. The summed E-state index contributed by atoms with van der Waals surface area (Å²) in [5.41, 5.74) is 1.27. The molecular formula is C67H128O10S3. The Balaban J connectivity index is -0.000000459. The average Bonchev–Trinajstić information content (AvgIpc) is 3.40. The molecule has 0 aliphatic heterocycles. The third-order valence-corrected chi connectivity index (χ3v) is 15.1. The van der Waals surface area contributed by atoms with E-state index in [2.05, 4.69) is 99.0 Å². The highest BCUT2D eigenvalue weighted by Crippen LogP contribution is 2.40. The predicted octanol–water partition coefficient (Wildman–Crippen LogP) is 19.8. The SMILES string of the molecule is CC(C)(C)c1cc(CCC(=O)O)cc(C(C)(C)C)c1O.CCCCCCCCCCCCCCC(O)=S.CCCCCCCCCCCCCCC(O)=S.CCCCCCCCCCCCCCC(O)=S.OCC(CO)(CO)CO. The number of hydrogen-bond acceptors (Lipinski definition) is 9. The van der Waals surface area contributed by atoms with Crippen LogP contribution in [0.5, 0.6) is 5.75 Å². The van der Waals surface area contributed by atoms with Crippen molar-refractivity contribution in [2.24, 2.45) is 5.41 Å². The van der Waals surface area contributed by atoms with Crippen LogP contribution in [0.3, 0.4) is 0 Å². The number of hydrogen-bond donors (Lipinski definition) is 9. The number of phenols is 1. The number of aryl methyl sites for hydroxylation is 1. The van der Waals surface area contributed by atoms with Gasteiger partial charge in [-0.25, -0.2) is 0 Å². The molecule has 80 heavy (non-hydrogen) atoms. The maximum Gasteiger partial charge on any atom is 0.303 e. The summed E-state index contributed by atoms with van der Waals surface area (Å²) in [5.74, 6) is -0.461. The predicted molar refractivity (Wildman–Crippen MR) is 355 cm³/mol. The molecule has 0 aliphatic carbocycles. The molecule has 9 N–H and O–H groups in total. The van der Waals surface area contributed by atoms with Crippen molar-refractivity contribution in [3.05, 3.63) is 28.8 Å². The van der Waals surface area contributed by atoms with Gasteiger partial charge in [-0.1, -0.05) is 286 Å². The summed E-state index contributed by atoms with van der Waals surface area (Å²) < 4.78 is 0. The van der Waals surface area contributed by atoms with Gasteiger partial charge in [0.05, 0.1) is 31.8 Å². The first kappa shape index (κ1) is 84.5. The normalized spacial score (nSPS) is 11.3. The Morgan fingerprint density at radius 2 is 0.562 bits per heavy atom. The molecule has 1 rings (SSSR count). The van der Waals surface area contributed by atoms with Crippen LogP contribution in [0, 0.1) is 5.41 Å². The fourth-order valence-electron chi connectivity index (χ4n) is 8.88. The van der Waals surface area contributed by atoms with E-state index < -0.39 is 37.8 Å². The number of aromatic hydroxyl groups is 1. The molecular weight excluding hydrogens is 1060 g/mol. The molecule has 0 saturated heterocycles. The van der Waals surface area contributed by atoms with Crippen LogP contribution in [0.1, 0.15) is 336 Å². The summed E-state index contributed by atoms with van der Waals surface area (Å²) in [5, 5.41) is 80.4. The number of rotatable bonds is 46. The number of thiocarbonyl (C=S) groups is 3. The van der Waals surface area contributed by atoms with Crippen molar-refractivity contribution in [3.63, 3.8) is 0 Å². The van der Waals surface area contributed by atoms with Crippen molar-refractivity contribution in [2.45, 2.75) is 336 Å². The minimum atomic E-state index is -1.11. The molecule has 1 aromatic rings. The molecule has 1 aromatic carbocycles. The van der Waals surface area contributed by atoms with E-state index in [-0.39, 0.29) is 32.4 Å². The smallest absolute Gasteiger partial charge is 0.303 e. The molecule has 0 fully saturated rings. The van der Waals surface area contributed by atoms with Crippen molar-refractivity contribution in [1.82, 2.24) is 0 Å². The summed E-state index contributed by atoms with van der Waals surface area (Å²) in [6, 6.07) is 3.88. The zero-order valence-corrected chi connectivity index (χ0v) is 55.6. The van der Waals surface area contributed by atoms with Gasteiger partial charge in [0.15, 0.2) is 15.2 Å². The van der Waals surface area contributed by atoms with Gasteiger partial charge in [-0.2, -0.15) is 0 Å². The molecule has 474 valence electrons. The van der Waals surface area contributed by atoms with E-state index in [1.165, 1.54) is 212 Å². The Bertz CT molecular complexity index is 1430. The minimum Gasteiger partial charge on any atom is -0.507 e. The third kappa shape index (κ3) is 59.2. The zero-order chi connectivity index (χ0) is 61.4. The molecule has 0 saturated carbocycles. The van der Waals surface area contributed by atoms with Crippen LogP contribution in [0.4, 0.5) is 0 Å². The van der Waals surface area contributed by atoms with Gasteiger partial charge < -0.3 is 46.0 Å². The number of phenolic OH excluding ortho intramolecular Hbond substituents is 1. The molecule has 10 nitrogen and oxygen atoms in total. The van der Waals surface area contributed by atoms with E-state index in [1.807, 2.05) is 12.1 Å². The average molecular weight is 1190 g/mol. The van der Waals surface area contributed by atoms with Crippen LogP contribution < -0.4 is 0 Å². The second kappa shape index (κ2) is 58.8. The second-order valence-electron chi connectivity index (χ2n) is 24.7. The lowest BCUT2D eigenvalue weighted by atomic mass is 9.78. The summed E-state index contributed by atoms with van der Waals surface area (Å²) in [6.07, 6.45) is 51.3. The number of aliphatic carboxylic acids is 1. The number of aliphatic hydroxyl groups excluding tert-OH is 7. The maximum atomic E-state index is 10.8. The van der Waals surface area contributed by atoms with Gasteiger partial charge in [-0.15, -0.1) is 0 Å². The number of benzene rings is 1. The summed E-state index contributed by atoms with van der Waals surface area (Å²) >= 11 is 13.9. The Hall–Kier alpha value is -2.00. The highest BCUT2D eigenvalue weighted by Gasteiger charge is 2.27. The van der Waals surface area contributed by atoms with Gasteiger partial charge in [0.1, 0.15) is 5.75 Å². The monoisotopic (exact) mass is 1190 g/mol. The molecule has 0 spiro atoms. The summed E-state index contributed by atoms with van der Waals surface area (Å²) in [7, 11) is 0. The van der Waals surface area contributed by atoms with Crippen molar-refractivity contribution in [2.75, 3.05) is 26.4 Å².